The van der Waals surface area contributed by atoms with E-state index in [1.165, 1.54) is 6.20 Å². The molecular formula is C16H11ClF2N4O2S. The molecule has 0 saturated carbocycles. The Morgan fingerprint density at radius 2 is 2.27 bits per heavy atom. The summed E-state index contributed by atoms with van der Waals surface area (Å²) in [6.07, 6.45) is 0.131. The highest BCUT2D eigenvalue weighted by molar-refractivity contribution is 7.17. The molecule has 1 unspecified atom stereocenters. The van der Waals surface area contributed by atoms with Crippen molar-refractivity contribution in [2.24, 2.45) is 0 Å². The van der Waals surface area contributed by atoms with Crippen molar-refractivity contribution in [2.45, 2.75) is 25.3 Å². The lowest BCUT2D eigenvalue weighted by Gasteiger charge is -2.13. The molecule has 4 rings (SSSR count). The fourth-order valence-corrected chi connectivity index (χ4v) is 3.78. The van der Waals surface area contributed by atoms with Crippen molar-refractivity contribution in [3.8, 4) is 11.4 Å². The van der Waals surface area contributed by atoms with Gasteiger partial charge in [-0.25, -0.2) is 4.98 Å². The van der Waals surface area contributed by atoms with Crippen molar-refractivity contribution in [2.75, 3.05) is 0 Å². The van der Waals surface area contributed by atoms with Crippen molar-refractivity contribution in [1.29, 1.82) is 0 Å². The summed E-state index contributed by atoms with van der Waals surface area (Å²) in [5.41, 5.74) is 2.59. The Bertz CT molecular complexity index is 975. The Balaban J connectivity index is 1.53. The van der Waals surface area contributed by atoms with Crippen LogP contribution in [0.1, 0.15) is 45.6 Å². The van der Waals surface area contributed by atoms with Crippen LogP contribution in [0.4, 0.5) is 8.78 Å². The maximum absolute atomic E-state index is 12.6. The van der Waals surface area contributed by atoms with Gasteiger partial charge >= 0.3 is 6.43 Å². The zero-order valence-electron chi connectivity index (χ0n) is 13.1. The largest absolute Gasteiger partial charge is 0.344 e. The van der Waals surface area contributed by atoms with E-state index < -0.39 is 12.3 Å². The van der Waals surface area contributed by atoms with Gasteiger partial charge in [-0.15, -0.1) is 0 Å². The van der Waals surface area contributed by atoms with Crippen molar-refractivity contribution >= 4 is 28.8 Å². The molecule has 134 valence electrons. The Kier molecular flexibility index (Phi) is 4.41. The zero-order chi connectivity index (χ0) is 18.3. The summed E-state index contributed by atoms with van der Waals surface area (Å²) in [4.78, 5) is 20.3. The molecule has 1 atom stereocenters. The van der Waals surface area contributed by atoms with E-state index in [2.05, 4.69) is 25.0 Å². The molecular weight excluding hydrogens is 386 g/mol. The van der Waals surface area contributed by atoms with Crippen molar-refractivity contribution in [1.82, 2.24) is 20.4 Å². The Morgan fingerprint density at radius 1 is 1.42 bits per heavy atom. The minimum absolute atomic E-state index is 0.120. The van der Waals surface area contributed by atoms with Crippen LogP contribution in [-0.4, -0.2) is 21.0 Å². The van der Waals surface area contributed by atoms with Crippen LogP contribution < -0.4 is 5.32 Å². The molecule has 0 saturated heterocycles. The zero-order valence-corrected chi connectivity index (χ0v) is 14.7. The highest BCUT2D eigenvalue weighted by atomic mass is 35.5. The molecule has 0 radical (unpaired) electrons. The van der Waals surface area contributed by atoms with Crippen LogP contribution in [0, 0.1) is 0 Å². The fraction of sp³-hybridized carbons (Fsp3) is 0.250. The molecule has 0 spiro atoms. The van der Waals surface area contributed by atoms with Gasteiger partial charge in [0.2, 0.25) is 5.82 Å². The van der Waals surface area contributed by atoms with E-state index >= 15 is 0 Å². The molecule has 1 N–H and O–H groups in total. The number of aryl methyl sites for hydroxylation is 1. The predicted molar refractivity (Wildman–Crippen MR) is 90.3 cm³/mol. The summed E-state index contributed by atoms with van der Waals surface area (Å²) < 4.78 is 30.0. The van der Waals surface area contributed by atoms with Gasteiger partial charge in [0.05, 0.1) is 12.2 Å². The van der Waals surface area contributed by atoms with E-state index in [-0.39, 0.29) is 17.8 Å². The number of nitrogens with zero attached hydrogens (tertiary/aromatic N) is 3. The second-order valence-corrected chi connectivity index (χ2v) is 7.33. The van der Waals surface area contributed by atoms with E-state index in [9.17, 15) is 13.6 Å². The van der Waals surface area contributed by atoms with Gasteiger partial charge < -0.3 is 9.84 Å². The number of aromatic nitrogens is 3. The number of alkyl halides is 2. The molecule has 0 bridgehead atoms. The SMILES string of the molecule is O=C(NC1CCc2cc(-c3noc(C(F)F)n3)ccc21)c1cnc(Cl)s1. The van der Waals surface area contributed by atoms with Crippen LogP contribution in [0.5, 0.6) is 0 Å². The summed E-state index contributed by atoms with van der Waals surface area (Å²) in [6.45, 7) is 0. The Morgan fingerprint density at radius 3 is 2.96 bits per heavy atom. The number of rotatable bonds is 4. The topological polar surface area (TPSA) is 80.9 Å². The number of benzene rings is 1. The summed E-state index contributed by atoms with van der Waals surface area (Å²) in [5, 5.41) is 6.56. The highest BCUT2D eigenvalue weighted by Crippen LogP contribution is 2.34. The van der Waals surface area contributed by atoms with Gasteiger partial charge in [0.15, 0.2) is 4.47 Å². The lowest BCUT2D eigenvalue weighted by Crippen LogP contribution is -2.26. The number of amides is 1. The summed E-state index contributed by atoms with van der Waals surface area (Å²) in [5.74, 6) is -0.806. The number of nitrogens with one attached hydrogen (secondary N) is 1. The maximum Gasteiger partial charge on any atom is 0.315 e. The van der Waals surface area contributed by atoms with Crippen LogP contribution in [0.25, 0.3) is 11.4 Å². The minimum atomic E-state index is -2.80. The third kappa shape index (κ3) is 3.19. The van der Waals surface area contributed by atoms with Crippen LogP contribution in [0.15, 0.2) is 28.9 Å². The summed E-state index contributed by atoms with van der Waals surface area (Å²) in [7, 11) is 0. The lowest BCUT2D eigenvalue weighted by atomic mass is 10.0. The van der Waals surface area contributed by atoms with E-state index in [1.54, 1.807) is 6.07 Å². The normalized spacial score (nSPS) is 16.1. The first kappa shape index (κ1) is 17.0. The van der Waals surface area contributed by atoms with Crippen molar-refractivity contribution < 1.29 is 18.1 Å². The second kappa shape index (κ2) is 6.73. The quantitative estimate of drug-likeness (QED) is 0.714. The number of thiazole rings is 1. The molecule has 1 aliphatic carbocycles. The highest BCUT2D eigenvalue weighted by Gasteiger charge is 2.26. The van der Waals surface area contributed by atoms with E-state index in [1.807, 2.05) is 12.1 Å². The molecule has 0 aliphatic heterocycles. The van der Waals surface area contributed by atoms with Crippen LogP contribution in [-0.2, 0) is 6.42 Å². The number of fused-ring (bicyclic) bond motifs is 1. The first-order valence-electron chi connectivity index (χ1n) is 7.68. The smallest absolute Gasteiger partial charge is 0.315 e. The molecule has 1 aromatic carbocycles. The molecule has 0 fully saturated rings. The van der Waals surface area contributed by atoms with E-state index in [4.69, 9.17) is 11.6 Å². The molecule has 1 amide bonds. The molecule has 10 heteroatoms. The Labute approximate surface area is 155 Å². The van der Waals surface area contributed by atoms with Crippen molar-refractivity contribution in [3.05, 3.63) is 50.8 Å². The number of carbonyl (C=O) groups is 1. The van der Waals surface area contributed by atoms with Gasteiger partial charge in [0.25, 0.3) is 11.8 Å². The average molecular weight is 397 g/mol. The predicted octanol–water partition coefficient (Wildman–Crippen LogP) is 4.20. The third-order valence-corrected chi connectivity index (χ3v) is 5.23. The van der Waals surface area contributed by atoms with Gasteiger partial charge in [-0.3, -0.25) is 4.79 Å². The molecule has 26 heavy (non-hydrogen) atoms. The van der Waals surface area contributed by atoms with Crippen LogP contribution in [0.2, 0.25) is 4.47 Å². The molecule has 3 aromatic rings. The average Bonchev–Trinajstić information content (AvgIpc) is 3.34. The first-order chi connectivity index (χ1) is 12.5. The van der Waals surface area contributed by atoms with Crippen LogP contribution >= 0.6 is 22.9 Å². The molecule has 2 heterocycles. The van der Waals surface area contributed by atoms with E-state index in [0.29, 0.717) is 14.9 Å². The lowest BCUT2D eigenvalue weighted by molar-refractivity contribution is 0.0940. The number of hydrogen-bond acceptors (Lipinski definition) is 6. The molecule has 2 aromatic heterocycles. The fourth-order valence-electron chi connectivity index (χ4n) is 2.93. The van der Waals surface area contributed by atoms with Crippen LogP contribution in [0.3, 0.4) is 0 Å². The number of carbonyl (C=O) groups excluding carboxylic acids is 1. The summed E-state index contributed by atoms with van der Waals surface area (Å²) in [6, 6.07) is 5.29. The standard InChI is InChI=1S/C16H11ClF2N4O2S/c17-16-20-6-11(26-16)14(24)21-10-4-2-7-5-8(1-3-9(7)10)13-22-15(12(18)19)25-23-13/h1,3,5-6,10,12H,2,4H2,(H,21,24). The van der Waals surface area contributed by atoms with Gasteiger partial charge in [0, 0.05) is 5.56 Å². The third-order valence-electron chi connectivity index (χ3n) is 4.11. The number of hydrogen-bond donors (Lipinski definition) is 1. The first-order valence-corrected chi connectivity index (χ1v) is 8.88. The minimum Gasteiger partial charge on any atom is -0.344 e. The molecule has 1 aliphatic rings. The van der Waals surface area contributed by atoms with Gasteiger partial charge in [-0.1, -0.05) is 40.2 Å². The van der Waals surface area contributed by atoms with Gasteiger partial charge in [-0.05, 0) is 30.0 Å². The van der Waals surface area contributed by atoms with E-state index in [0.717, 1.165) is 35.3 Å². The van der Waals surface area contributed by atoms with Gasteiger partial charge in [-0.2, -0.15) is 13.8 Å². The second-order valence-electron chi connectivity index (χ2n) is 5.71. The van der Waals surface area contributed by atoms with Gasteiger partial charge in [0.1, 0.15) is 4.88 Å². The summed E-state index contributed by atoms with van der Waals surface area (Å²) >= 11 is 6.88. The molecule has 6 nitrogen and oxygen atoms in total. The monoisotopic (exact) mass is 396 g/mol. The van der Waals surface area contributed by atoms with Crippen molar-refractivity contribution in [3.63, 3.8) is 0 Å². The number of halogens is 3. The Hall–Kier alpha value is -2.39. The maximum atomic E-state index is 12.6.